The van der Waals surface area contributed by atoms with Gasteiger partial charge in [0.2, 0.25) is 11.6 Å². The van der Waals surface area contributed by atoms with Crippen molar-refractivity contribution in [2.75, 3.05) is 0 Å². The van der Waals surface area contributed by atoms with E-state index in [1.165, 1.54) is 0 Å². The Labute approximate surface area is 144 Å². The molecular weight excluding hydrogens is 369 g/mol. The van der Waals surface area contributed by atoms with E-state index in [0.29, 0.717) is 0 Å². The first-order valence-electron chi connectivity index (χ1n) is 5.70. The summed E-state index contributed by atoms with van der Waals surface area (Å²) >= 11 is 0. The van der Waals surface area contributed by atoms with Crippen molar-refractivity contribution in [2.45, 2.75) is 6.10 Å². The van der Waals surface area contributed by atoms with Gasteiger partial charge in [-0.25, -0.2) is 43.9 Å². The third-order valence-corrected chi connectivity index (χ3v) is 3.01. The molecule has 130 valence electrons. The largest absolute Gasteiger partial charge is 1.00 e. The third kappa shape index (κ3) is 3.12. The van der Waals surface area contributed by atoms with Crippen molar-refractivity contribution in [2.24, 2.45) is 0 Å². The van der Waals surface area contributed by atoms with E-state index < -0.39 is 75.4 Å². The predicted molar refractivity (Wildman–Crippen MR) is 54.3 cm³/mol. The molecule has 0 saturated carbocycles. The van der Waals surface area contributed by atoms with Gasteiger partial charge in [0.1, 0.15) is 0 Å². The van der Waals surface area contributed by atoms with Crippen molar-refractivity contribution < 1.29 is 67.9 Å². The SMILES string of the molecule is [Li+].[O-]C(c1c(F)c(F)c(F)c(F)c1F)c1c(F)c(F)c(F)c(F)c1F. The summed E-state index contributed by atoms with van der Waals surface area (Å²) in [7, 11) is 0. The summed E-state index contributed by atoms with van der Waals surface area (Å²) in [4.78, 5) is 0. The zero-order chi connectivity index (χ0) is 18.5. The normalized spacial score (nSPS) is 11.0. The van der Waals surface area contributed by atoms with E-state index in [9.17, 15) is 49.0 Å². The van der Waals surface area contributed by atoms with Crippen LogP contribution in [0.4, 0.5) is 43.9 Å². The van der Waals surface area contributed by atoms with Gasteiger partial charge in [-0.05, 0) is 0 Å². The Kier molecular flexibility index (Phi) is 6.21. The quantitative estimate of drug-likeness (QED) is 0.328. The molecule has 0 saturated heterocycles. The summed E-state index contributed by atoms with van der Waals surface area (Å²) in [6, 6.07) is 0. The Hall–Kier alpha value is -1.70. The average molecular weight is 370 g/mol. The van der Waals surface area contributed by atoms with E-state index in [1.54, 1.807) is 0 Å². The van der Waals surface area contributed by atoms with E-state index in [-0.39, 0.29) is 18.9 Å². The molecule has 2 aromatic rings. The Morgan fingerprint density at radius 1 is 0.400 bits per heavy atom. The molecule has 0 amide bonds. The molecule has 0 aliphatic carbocycles. The minimum absolute atomic E-state index is 0. The summed E-state index contributed by atoms with van der Waals surface area (Å²) < 4.78 is 132. The van der Waals surface area contributed by atoms with Gasteiger partial charge in [0, 0.05) is 11.1 Å². The molecule has 2 rings (SSSR count). The van der Waals surface area contributed by atoms with Gasteiger partial charge in [0.15, 0.2) is 46.5 Å². The van der Waals surface area contributed by atoms with Crippen molar-refractivity contribution in [1.82, 2.24) is 0 Å². The fourth-order valence-corrected chi connectivity index (χ4v) is 1.85. The van der Waals surface area contributed by atoms with Crippen molar-refractivity contribution >= 4 is 0 Å². The fourth-order valence-electron chi connectivity index (χ4n) is 1.85. The molecule has 0 aromatic heterocycles. The minimum Gasteiger partial charge on any atom is -0.845 e. The molecule has 25 heavy (non-hydrogen) atoms. The number of hydrogen-bond acceptors (Lipinski definition) is 1. The molecule has 2 aromatic carbocycles. The van der Waals surface area contributed by atoms with Gasteiger partial charge in [-0.1, -0.05) is 6.10 Å². The average Bonchev–Trinajstić information content (AvgIpc) is 2.55. The summed E-state index contributed by atoms with van der Waals surface area (Å²) in [6.07, 6.45) is -3.61. The molecule has 0 unspecified atom stereocenters. The maximum absolute atomic E-state index is 13.5. The molecule has 1 nitrogen and oxygen atoms in total. The van der Waals surface area contributed by atoms with Crippen LogP contribution in [0.25, 0.3) is 0 Å². The van der Waals surface area contributed by atoms with Crippen LogP contribution in [0.15, 0.2) is 0 Å². The van der Waals surface area contributed by atoms with Crippen molar-refractivity contribution in [3.8, 4) is 0 Å². The second kappa shape index (κ2) is 7.27. The van der Waals surface area contributed by atoms with Crippen LogP contribution in [-0.4, -0.2) is 0 Å². The van der Waals surface area contributed by atoms with Crippen LogP contribution in [0.3, 0.4) is 0 Å². The maximum atomic E-state index is 13.5. The summed E-state index contributed by atoms with van der Waals surface area (Å²) in [5.41, 5.74) is -4.57. The summed E-state index contributed by atoms with van der Waals surface area (Å²) in [5, 5.41) is 11.8. The van der Waals surface area contributed by atoms with E-state index in [2.05, 4.69) is 0 Å². The summed E-state index contributed by atoms with van der Waals surface area (Å²) in [5.74, 6) is -26.8. The fraction of sp³-hybridized carbons (Fsp3) is 0.0769. The molecule has 0 aliphatic heterocycles. The van der Waals surface area contributed by atoms with Crippen molar-refractivity contribution in [3.63, 3.8) is 0 Å². The molecular formula is C13HF10LiO. The number of rotatable bonds is 2. The minimum atomic E-state index is -3.61. The maximum Gasteiger partial charge on any atom is 1.00 e. The Morgan fingerprint density at radius 3 is 0.760 bits per heavy atom. The molecule has 0 heterocycles. The van der Waals surface area contributed by atoms with E-state index in [4.69, 9.17) is 0 Å². The number of halogens is 10. The Bertz CT molecular complexity index is 726. The monoisotopic (exact) mass is 370 g/mol. The van der Waals surface area contributed by atoms with Gasteiger partial charge in [0.05, 0.1) is 0 Å². The van der Waals surface area contributed by atoms with Crippen LogP contribution in [0.5, 0.6) is 0 Å². The van der Waals surface area contributed by atoms with Gasteiger partial charge >= 0.3 is 18.9 Å². The second-order valence-corrected chi connectivity index (χ2v) is 4.35. The molecule has 0 spiro atoms. The van der Waals surface area contributed by atoms with Crippen LogP contribution >= 0.6 is 0 Å². The smallest absolute Gasteiger partial charge is 0.845 e. The molecule has 0 fully saturated rings. The Balaban J connectivity index is 0.00000312. The van der Waals surface area contributed by atoms with Crippen molar-refractivity contribution in [3.05, 3.63) is 69.3 Å². The standard InChI is InChI=1S/C13HF10O.Li/c14-3-1(4(15)8(19)11(22)7(3)18)13(24)2-5(16)9(20)12(23)10(21)6(2)17;/h13H;/q-1;+1. The number of benzene rings is 2. The first-order chi connectivity index (χ1) is 11.0. The summed E-state index contributed by atoms with van der Waals surface area (Å²) in [6.45, 7) is 0. The van der Waals surface area contributed by atoms with Gasteiger partial charge < -0.3 is 5.11 Å². The predicted octanol–water partition coefficient (Wildman–Crippen LogP) is 0.531. The second-order valence-electron chi connectivity index (χ2n) is 4.35. The first kappa shape index (κ1) is 21.3. The van der Waals surface area contributed by atoms with Crippen LogP contribution in [0, 0.1) is 58.2 Å². The molecule has 0 N–H and O–H groups in total. The molecule has 0 radical (unpaired) electrons. The van der Waals surface area contributed by atoms with Gasteiger partial charge in [-0.2, -0.15) is 0 Å². The van der Waals surface area contributed by atoms with Gasteiger partial charge in [-0.3, -0.25) is 0 Å². The van der Waals surface area contributed by atoms with Crippen molar-refractivity contribution in [1.29, 1.82) is 0 Å². The topological polar surface area (TPSA) is 23.1 Å². The molecule has 0 atom stereocenters. The van der Waals surface area contributed by atoms with E-state index in [0.717, 1.165) is 0 Å². The molecule has 12 heteroatoms. The Morgan fingerprint density at radius 2 is 0.560 bits per heavy atom. The van der Waals surface area contributed by atoms with Crippen LogP contribution in [0.2, 0.25) is 0 Å². The van der Waals surface area contributed by atoms with E-state index in [1.807, 2.05) is 0 Å². The zero-order valence-electron chi connectivity index (χ0n) is 11.8. The van der Waals surface area contributed by atoms with Crippen LogP contribution < -0.4 is 24.0 Å². The first-order valence-corrected chi connectivity index (χ1v) is 5.70. The zero-order valence-corrected chi connectivity index (χ0v) is 11.8. The van der Waals surface area contributed by atoms with Crippen LogP contribution in [0.1, 0.15) is 17.2 Å². The third-order valence-electron chi connectivity index (χ3n) is 3.01. The molecule has 0 aliphatic rings. The van der Waals surface area contributed by atoms with E-state index >= 15 is 0 Å². The number of hydrogen-bond donors (Lipinski definition) is 0. The van der Waals surface area contributed by atoms with Gasteiger partial charge in [-0.15, -0.1) is 0 Å². The van der Waals surface area contributed by atoms with Gasteiger partial charge in [0.25, 0.3) is 0 Å². The van der Waals surface area contributed by atoms with Crippen LogP contribution in [-0.2, 0) is 0 Å². The molecule has 0 bridgehead atoms.